The van der Waals surface area contributed by atoms with Crippen LogP contribution < -0.4 is 10.6 Å². The summed E-state index contributed by atoms with van der Waals surface area (Å²) in [5.41, 5.74) is 0.756. The molecule has 1 aromatic carbocycles. The van der Waals surface area contributed by atoms with Crippen molar-refractivity contribution in [3.63, 3.8) is 0 Å². The van der Waals surface area contributed by atoms with Crippen molar-refractivity contribution < 1.29 is 4.79 Å². The molecule has 2 rings (SSSR count). The molecule has 1 fully saturated rings. The van der Waals surface area contributed by atoms with Gasteiger partial charge < -0.3 is 10.6 Å². The van der Waals surface area contributed by atoms with Gasteiger partial charge in [0.25, 0.3) is 0 Å². The molecule has 0 unspecified atom stereocenters. The van der Waals surface area contributed by atoms with Crippen molar-refractivity contribution in [2.24, 2.45) is 0 Å². The molecule has 1 aromatic rings. The van der Waals surface area contributed by atoms with Crippen molar-refractivity contribution in [2.45, 2.75) is 25.3 Å². The van der Waals surface area contributed by atoms with Crippen LogP contribution in [0.5, 0.6) is 0 Å². The fourth-order valence-electron chi connectivity index (χ4n) is 1.89. The standard InChI is InChI=1S/C12H14BrClN2O/c13-9-7-8(14)4-5-10(9)16-12(17)11-3-1-2-6-15-11/h4-5,7,11,15H,1-3,6H2,(H,16,17)/t11-/m0/s1. The average molecular weight is 318 g/mol. The van der Waals surface area contributed by atoms with Gasteiger partial charge in [-0.1, -0.05) is 18.0 Å². The summed E-state index contributed by atoms with van der Waals surface area (Å²) in [6.45, 7) is 0.917. The molecule has 3 nitrogen and oxygen atoms in total. The van der Waals surface area contributed by atoms with Crippen LogP contribution in [0.1, 0.15) is 19.3 Å². The summed E-state index contributed by atoms with van der Waals surface area (Å²) in [5, 5.41) is 6.76. The second-order valence-corrected chi connectivity index (χ2v) is 5.41. The SMILES string of the molecule is O=C(Nc1ccc(Cl)cc1Br)[C@@H]1CCCCN1. The van der Waals surface area contributed by atoms with Gasteiger partial charge in [-0.15, -0.1) is 0 Å². The largest absolute Gasteiger partial charge is 0.324 e. The number of piperidine rings is 1. The van der Waals surface area contributed by atoms with Crippen LogP contribution in [0.15, 0.2) is 22.7 Å². The lowest BCUT2D eigenvalue weighted by Crippen LogP contribution is -2.43. The summed E-state index contributed by atoms with van der Waals surface area (Å²) >= 11 is 9.23. The zero-order valence-corrected chi connectivity index (χ0v) is 11.6. The summed E-state index contributed by atoms with van der Waals surface area (Å²) in [7, 11) is 0. The van der Waals surface area contributed by atoms with E-state index in [-0.39, 0.29) is 11.9 Å². The van der Waals surface area contributed by atoms with E-state index >= 15 is 0 Å². The lowest BCUT2D eigenvalue weighted by molar-refractivity contribution is -0.118. The summed E-state index contributed by atoms with van der Waals surface area (Å²) in [5.74, 6) is 0.0210. The van der Waals surface area contributed by atoms with Crippen LogP contribution in [-0.4, -0.2) is 18.5 Å². The molecule has 1 aliphatic heterocycles. The van der Waals surface area contributed by atoms with Crippen molar-refractivity contribution in [1.82, 2.24) is 5.32 Å². The first-order chi connectivity index (χ1) is 8.16. The molecule has 5 heteroatoms. The second kappa shape index (κ2) is 5.85. The Balaban J connectivity index is 2.02. The molecule has 1 aliphatic rings. The highest BCUT2D eigenvalue weighted by Gasteiger charge is 2.20. The van der Waals surface area contributed by atoms with Gasteiger partial charge in [0.1, 0.15) is 0 Å². The molecular weight excluding hydrogens is 304 g/mol. The van der Waals surface area contributed by atoms with Gasteiger partial charge in [-0.3, -0.25) is 4.79 Å². The third-order valence-corrected chi connectivity index (χ3v) is 3.71. The van der Waals surface area contributed by atoms with Gasteiger partial charge in [-0.2, -0.15) is 0 Å². The molecule has 0 radical (unpaired) electrons. The first kappa shape index (κ1) is 12.9. The first-order valence-electron chi connectivity index (χ1n) is 5.66. The van der Waals surface area contributed by atoms with Crippen LogP contribution in [0.3, 0.4) is 0 Å². The third kappa shape index (κ3) is 3.44. The maximum absolute atomic E-state index is 12.0. The summed E-state index contributed by atoms with van der Waals surface area (Å²) in [6, 6.07) is 5.25. The minimum absolute atomic E-state index is 0.0210. The maximum atomic E-state index is 12.0. The van der Waals surface area contributed by atoms with Crippen LogP contribution in [-0.2, 0) is 4.79 Å². The van der Waals surface area contributed by atoms with Gasteiger partial charge in [0.2, 0.25) is 5.91 Å². The molecule has 1 saturated heterocycles. The number of carbonyl (C=O) groups excluding carboxylic acids is 1. The molecule has 0 spiro atoms. The Morgan fingerprint density at radius 1 is 1.47 bits per heavy atom. The van der Waals surface area contributed by atoms with Crippen molar-refractivity contribution in [1.29, 1.82) is 0 Å². The van der Waals surface area contributed by atoms with Crippen LogP contribution in [0, 0.1) is 0 Å². The molecule has 0 bridgehead atoms. The molecule has 1 heterocycles. The van der Waals surface area contributed by atoms with Crippen molar-refractivity contribution in [3.05, 3.63) is 27.7 Å². The Morgan fingerprint density at radius 2 is 2.29 bits per heavy atom. The van der Waals surface area contributed by atoms with Gasteiger partial charge >= 0.3 is 0 Å². The van der Waals surface area contributed by atoms with Crippen LogP contribution in [0.4, 0.5) is 5.69 Å². The van der Waals surface area contributed by atoms with Crippen molar-refractivity contribution >= 4 is 39.1 Å². The van der Waals surface area contributed by atoms with E-state index in [1.807, 2.05) is 0 Å². The monoisotopic (exact) mass is 316 g/mol. The maximum Gasteiger partial charge on any atom is 0.241 e. The predicted molar refractivity (Wildman–Crippen MR) is 73.4 cm³/mol. The Hall–Kier alpha value is -0.580. The van der Waals surface area contributed by atoms with Crippen molar-refractivity contribution in [2.75, 3.05) is 11.9 Å². The Kier molecular flexibility index (Phi) is 4.42. The molecule has 92 valence electrons. The highest BCUT2D eigenvalue weighted by atomic mass is 79.9. The Bertz CT molecular complexity index is 419. The lowest BCUT2D eigenvalue weighted by atomic mass is 10.0. The zero-order valence-electron chi connectivity index (χ0n) is 9.30. The Labute approximate surface area is 114 Å². The first-order valence-corrected chi connectivity index (χ1v) is 6.83. The quantitative estimate of drug-likeness (QED) is 0.879. The molecule has 1 atom stereocenters. The number of halogens is 2. The zero-order chi connectivity index (χ0) is 12.3. The fourth-order valence-corrected chi connectivity index (χ4v) is 2.67. The lowest BCUT2D eigenvalue weighted by Gasteiger charge is -2.22. The van der Waals surface area contributed by atoms with E-state index in [4.69, 9.17) is 11.6 Å². The van der Waals surface area contributed by atoms with E-state index in [2.05, 4.69) is 26.6 Å². The van der Waals surface area contributed by atoms with Gasteiger partial charge in [0.05, 0.1) is 11.7 Å². The number of rotatable bonds is 2. The Morgan fingerprint density at radius 3 is 2.94 bits per heavy atom. The molecule has 0 aromatic heterocycles. The van der Waals surface area contributed by atoms with Crippen LogP contribution >= 0.6 is 27.5 Å². The molecular formula is C12H14BrClN2O. The summed E-state index contributed by atoms with van der Waals surface area (Å²) in [6.07, 6.45) is 3.15. The van der Waals surface area contributed by atoms with Crippen LogP contribution in [0.2, 0.25) is 5.02 Å². The highest BCUT2D eigenvalue weighted by molar-refractivity contribution is 9.10. The number of benzene rings is 1. The second-order valence-electron chi connectivity index (χ2n) is 4.12. The average Bonchev–Trinajstić information content (AvgIpc) is 2.34. The van der Waals surface area contributed by atoms with Crippen molar-refractivity contribution in [3.8, 4) is 0 Å². The van der Waals surface area contributed by atoms with Gasteiger partial charge in [-0.25, -0.2) is 0 Å². The van der Waals surface area contributed by atoms with E-state index in [1.54, 1.807) is 18.2 Å². The van der Waals surface area contributed by atoms with Gasteiger partial charge in [0.15, 0.2) is 0 Å². The molecule has 1 amide bonds. The summed E-state index contributed by atoms with van der Waals surface area (Å²) in [4.78, 5) is 12.0. The predicted octanol–water partition coefficient (Wildman–Crippen LogP) is 3.18. The minimum Gasteiger partial charge on any atom is -0.324 e. The number of nitrogens with one attached hydrogen (secondary N) is 2. The number of carbonyl (C=O) groups is 1. The van der Waals surface area contributed by atoms with E-state index in [1.165, 1.54) is 0 Å². The highest BCUT2D eigenvalue weighted by Crippen LogP contribution is 2.26. The minimum atomic E-state index is -0.0775. The topological polar surface area (TPSA) is 41.1 Å². The smallest absolute Gasteiger partial charge is 0.241 e. The van der Waals surface area contributed by atoms with Crippen LogP contribution in [0.25, 0.3) is 0 Å². The van der Waals surface area contributed by atoms with E-state index in [0.29, 0.717) is 5.02 Å². The molecule has 0 saturated carbocycles. The normalized spacial score (nSPS) is 20.0. The molecule has 17 heavy (non-hydrogen) atoms. The van der Waals surface area contributed by atoms with Gasteiger partial charge in [0, 0.05) is 9.50 Å². The number of hydrogen-bond acceptors (Lipinski definition) is 2. The van der Waals surface area contributed by atoms with E-state index < -0.39 is 0 Å². The van der Waals surface area contributed by atoms with E-state index in [9.17, 15) is 4.79 Å². The molecule has 0 aliphatic carbocycles. The summed E-state index contributed by atoms with van der Waals surface area (Å²) < 4.78 is 0.800. The fraction of sp³-hybridized carbons (Fsp3) is 0.417. The number of hydrogen-bond donors (Lipinski definition) is 2. The number of anilines is 1. The number of amides is 1. The third-order valence-electron chi connectivity index (χ3n) is 2.82. The van der Waals surface area contributed by atoms with E-state index in [0.717, 1.165) is 36.0 Å². The van der Waals surface area contributed by atoms with Gasteiger partial charge in [-0.05, 0) is 53.5 Å². The molecule has 2 N–H and O–H groups in total.